The summed E-state index contributed by atoms with van der Waals surface area (Å²) in [5.41, 5.74) is 5.56. The molecule has 5 nitrogen and oxygen atoms in total. The van der Waals surface area contributed by atoms with Gasteiger partial charge in [0, 0.05) is 18.4 Å². The third-order valence-corrected chi connectivity index (χ3v) is 5.79. The highest BCUT2D eigenvalue weighted by Gasteiger charge is 2.39. The summed E-state index contributed by atoms with van der Waals surface area (Å²) in [5.74, 6) is 3.66. The minimum atomic E-state index is 0. The maximum absolute atomic E-state index is 5.73. The predicted octanol–water partition coefficient (Wildman–Crippen LogP) is -1.61. The van der Waals surface area contributed by atoms with Crippen LogP contribution in [0.2, 0.25) is 0 Å². The Morgan fingerprint density at radius 1 is 0.880 bits per heavy atom. The fourth-order valence-electron chi connectivity index (χ4n) is 4.60. The monoisotopic (exact) mass is 359 g/mol. The van der Waals surface area contributed by atoms with Gasteiger partial charge >= 0.3 is 0 Å². The standard InChI is InChI=1S/C19H17NO4.ClH/c1-2-16-19(24-10-21-16)14-8-20-4-3-12-6-17-18(23-9-22-17)7-13(12)15(20)5-11(1)14;/h1-2,6-7,15H,3-5,8-10H2;1H/t15-;/m0./s1. The molecule has 0 fully saturated rings. The molecule has 4 aliphatic heterocycles. The van der Waals surface area contributed by atoms with Crippen molar-refractivity contribution in [3.63, 3.8) is 0 Å². The van der Waals surface area contributed by atoms with Gasteiger partial charge in [-0.3, -0.25) is 0 Å². The number of benzene rings is 2. The molecule has 6 rings (SSSR count). The van der Waals surface area contributed by atoms with Gasteiger partial charge in [0.1, 0.15) is 12.6 Å². The molecule has 4 aliphatic rings. The number of nitrogens with one attached hydrogen (secondary N) is 1. The Morgan fingerprint density at radius 2 is 1.68 bits per heavy atom. The highest BCUT2D eigenvalue weighted by atomic mass is 35.5. The van der Waals surface area contributed by atoms with Gasteiger partial charge in [-0.15, -0.1) is 0 Å². The molecule has 6 heteroatoms. The lowest BCUT2D eigenvalue weighted by molar-refractivity contribution is -0.949. The van der Waals surface area contributed by atoms with Crippen molar-refractivity contribution in [3.05, 3.63) is 46.5 Å². The van der Waals surface area contributed by atoms with E-state index in [-0.39, 0.29) is 12.4 Å². The Hall–Kier alpha value is -2.11. The summed E-state index contributed by atoms with van der Waals surface area (Å²) < 4.78 is 22.4. The first-order chi connectivity index (χ1) is 11.9. The zero-order valence-electron chi connectivity index (χ0n) is 13.6. The minimum absolute atomic E-state index is 0. The van der Waals surface area contributed by atoms with Gasteiger partial charge in [0.25, 0.3) is 0 Å². The van der Waals surface area contributed by atoms with Crippen LogP contribution in [0.5, 0.6) is 23.0 Å². The number of ether oxygens (including phenoxy) is 4. The largest absolute Gasteiger partial charge is 1.00 e. The van der Waals surface area contributed by atoms with Gasteiger partial charge in [0.2, 0.25) is 13.6 Å². The van der Waals surface area contributed by atoms with Crippen molar-refractivity contribution in [1.29, 1.82) is 0 Å². The smallest absolute Gasteiger partial charge is 0.231 e. The number of hydrogen-bond acceptors (Lipinski definition) is 4. The van der Waals surface area contributed by atoms with Crippen molar-refractivity contribution in [3.8, 4) is 23.0 Å². The van der Waals surface area contributed by atoms with Gasteiger partial charge in [-0.1, -0.05) is 6.07 Å². The third-order valence-electron chi connectivity index (χ3n) is 5.79. The van der Waals surface area contributed by atoms with Crippen molar-refractivity contribution < 1.29 is 36.3 Å². The van der Waals surface area contributed by atoms with Crippen LogP contribution in [0, 0.1) is 0 Å². The quantitative estimate of drug-likeness (QED) is 0.614. The highest BCUT2D eigenvalue weighted by molar-refractivity contribution is 5.54. The van der Waals surface area contributed by atoms with Crippen LogP contribution < -0.4 is 36.3 Å². The lowest BCUT2D eigenvalue weighted by atomic mass is 9.83. The Balaban J connectivity index is 0.00000140. The summed E-state index contributed by atoms with van der Waals surface area (Å²) in [4.78, 5) is 1.61. The fraction of sp³-hybridized carbons (Fsp3) is 0.368. The number of fused-ring (bicyclic) bond motifs is 7. The van der Waals surface area contributed by atoms with Crippen LogP contribution in [-0.4, -0.2) is 20.1 Å². The molecule has 0 radical (unpaired) electrons. The molecule has 0 saturated carbocycles. The van der Waals surface area contributed by atoms with E-state index in [1.807, 2.05) is 0 Å². The van der Waals surface area contributed by atoms with E-state index >= 15 is 0 Å². The second-order valence-electron chi connectivity index (χ2n) is 6.93. The third kappa shape index (κ3) is 2.12. The number of halogens is 1. The van der Waals surface area contributed by atoms with Crippen LogP contribution in [0.25, 0.3) is 0 Å². The van der Waals surface area contributed by atoms with Gasteiger partial charge in [0.15, 0.2) is 23.0 Å². The van der Waals surface area contributed by atoms with Crippen LogP contribution in [0.1, 0.15) is 28.3 Å². The summed E-state index contributed by atoms with van der Waals surface area (Å²) in [5, 5.41) is 0. The molecule has 0 spiro atoms. The molecule has 2 atom stereocenters. The van der Waals surface area contributed by atoms with E-state index in [0.717, 1.165) is 48.9 Å². The Bertz CT molecular complexity index is 869. The molecule has 0 amide bonds. The Labute approximate surface area is 151 Å². The van der Waals surface area contributed by atoms with E-state index < -0.39 is 0 Å². The molecule has 1 N–H and O–H groups in total. The normalized spacial score (nSPS) is 24.0. The first-order valence-electron chi connectivity index (χ1n) is 8.54. The lowest BCUT2D eigenvalue weighted by Gasteiger charge is -2.38. The lowest BCUT2D eigenvalue weighted by Crippen LogP contribution is -3.13. The van der Waals surface area contributed by atoms with Crippen molar-refractivity contribution in [2.24, 2.45) is 0 Å². The van der Waals surface area contributed by atoms with E-state index in [2.05, 4.69) is 24.3 Å². The predicted molar refractivity (Wildman–Crippen MR) is 84.8 cm³/mol. The topological polar surface area (TPSA) is 41.4 Å². The zero-order valence-corrected chi connectivity index (χ0v) is 14.4. The maximum Gasteiger partial charge on any atom is 0.231 e. The van der Waals surface area contributed by atoms with Crippen LogP contribution in [0.3, 0.4) is 0 Å². The summed E-state index contributed by atoms with van der Waals surface area (Å²) in [6, 6.07) is 9.13. The Morgan fingerprint density at radius 3 is 2.60 bits per heavy atom. The fourth-order valence-corrected chi connectivity index (χ4v) is 4.60. The average Bonchev–Trinajstić information content (AvgIpc) is 3.26. The molecular formula is C19H18ClNO4. The van der Waals surface area contributed by atoms with E-state index in [1.165, 1.54) is 22.3 Å². The number of rotatable bonds is 0. The van der Waals surface area contributed by atoms with E-state index in [0.29, 0.717) is 19.6 Å². The van der Waals surface area contributed by atoms with E-state index in [9.17, 15) is 0 Å². The summed E-state index contributed by atoms with van der Waals surface area (Å²) in [7, 11) is 0. The van der Waals surface area contributed by atoms with Crippen LogP contribution in [0.4, 0.5) is 0 Å². The van der Waals surface area contributed by atoms with Gasteiger partial charge in [-0.2, -0.15) is 0 Å². The summed E-state index contributed by atoms with van der Waals surface area (Å²) in [6.07, 6.45) is 2.12. The molecule has 1 unspecified atom stereocenters. The van der Waals surface area contributed by atoms with Crippen LogP contribution in [0.15, 0.2) is 24.3 Å². The summed E-state index contributed by atoms with van der Waals surface area (Å²) in [6.45, 7) is 2.82. The van der Waals surface area contributed by atoms with Crippen LogP contribution >= 0.6 is 0 Å². The molecule has 2 aromatic rings. The number of hydrogen-bond donors (Lipinski definition) is 1. The van der Waals surface area contributed by atoms with Crippen molar-refractivity contribution in [1.82, 2.24) is 0 Å². The van der Waals surface area contributed by atoms with Gasteiger partial charge < -0.3 is 36.3 Å². The molecule has 0 aromatic heterocycles. The zero-order chi connectivity index (χ0) is 15.7. The van der Waals surface area contributed by atoms with Crippen molar-refractivity contribution in [2.75, 3.05) is 20.1 Å². The molecule has 0 saturated heterocycles. The molecule has 0 aliphatic carbocycles. The maximum atomic E-state index is 5.73. The second kappa shape index (κ2) is 5.44. The molecular weight excluding hydrogens is 342 g/mol. The number of quaternary nitrogens is 1. The summed E-state index contributed by atoms with van der Waals surface area (Å²) >= 11 is 0. The second-order valence-corrected chi connectivity index (χ2v) is 6.93. The van der Waals surface area contributed by atoms with Gasteiger partial charge in [-0.05, 0) is 29.3 Å². The van der Waals surface area contributed by atoms with E-state index in [1.54, 1.807) is 4.90 Å². The van der Waals surface area contributed by atoms with Crippen molar-refractivity contribution in [2.45, 2.75) is 25.4 Å². The van der Waals surface area contributed by atoms with Crippen molar-refractivity contribution >= 4 is 0 Å². The molecule has 25 heavy (non-hydrogen) atoms. The average molecular weight is 360 g/mol. The SMILES string of the molecule is [Cl-].c1cc2c(c3c1C[C@H]1c4cc5c(cc4CC[NH+]1C3)OCO5)OCO2. The first kappa shape index (κ1) is 15.2. The molecule has 130 valence electrons. The Kier molecular flexibility index (Phi) is 3.30. The highest BCUT2D eigenvalue weighted by Crippen LogP contribution is 2.42. The molecule has 4 heterocycles. The van der Waals surface area contributed by atoms with Gasteiger partial charge in [0.05, 0.1) is 12.1 Å². The van der Waals surface area contributed by atoms with Gasteiger partial charge in [-0.25, -0.2) is 0 Å². The van der Waals surface area contributed by atoms with Crippen LogP contribution in [-0.2, 0) is 19.4 Å². The molecule has 2 aromatic carbocycles. The molecule has 0 bridgehead atoms. The minimum Gasteiger partial charge on any atom is -1.00 e. The first-order valence-corrected chi connectivity index (χ1v) is 8.54. The van der Waals surface area contributed by atoms with E-state index in [4.69, 9.17) is 18.9 Å².